The van der Waals surface area contributed by atoms with Gasteiger partial charge in [0, 0.05) is 18.4 Å². The first-order chi connectivity index (χ1) is 8.31. The Bertz CT molecular complexity index is 431. The van der Waals surface area contributed by atoms with Gasteiger partial charge in [-0.15, -0.1) is 0 Å². The van der Waals surface area contributed by atoms with Crippen LogP contribution in [0.3, 0.4) is 0 Å². The molecule has 1 N–H and O–H groups in total. The monoisotopic (exact) mass is 229 g/mol. The molecule has 0 bridgehead atoms. The quantitative estimate of drug-likeness (QED) is 0.854. The van der Waals surface area contributed by atoms with Gasteiger partial charge in [-0.3, -0.25) is 0 Å². The van der Waals surface area contributed by atoms with E-state index in [1.165, 1.54) is 5.56 Å². The highest BCUT2D eigenvalue weighted by Gasteiger charge is 2.04. The number of benzene rings is 1. The Hall–Kier alpha value is -1.61. The predicted molar refractivity (Wildman–Crippen MR) is 70.3 cm³/mol. The summed E-state index contributed by atoms with van der Waals surface area (Å²) in [5, 5.41) is 7.69. The lowest BCUT2D eigenvalue weighted by Crippen LogP contribution is -2.19. The van der Waals surface area contributed by atoms with Crippen molar-refractivity contribution in [3.63, 3.8) is 0 Å². The van der Waals surface area contributed by atoms with Crippen LogP contribution in [0.25, 0.3) is 5.69 Å². The zero-order valence-corrected chi connectivity index (χ0v) is 10.4. The molecule has 1 aromatic carbocycles. The van der Waals surface area contributed by atoms with Gasteiger partial charge in [-0.2, -0.15) is 5.10 Å². The van der Waals surface area contributed by atoms with Crippen molar-refractivity contribution in [2.45, 2.75) is 26.3 Å². The van der Waals surface area contributed by atoms with E-state index in [4.69, 9.17) is 0 Å². The molecule has 0 radical (unpaired) electrons. The molecule has 2 aromatic rings. The second-order valence-electron chi connectivity index (χ2n) is 4.22. The van der Waals surface area contributed by atoms with Crippen molar-refractivity contribution >= 4 is 0 Å². The van der Waals surface area contributed by atoms with Crippen molar-refractivity contribution in [1.82, 2.24) is 15.1 Å². The number of rotatable bonds is 5. The van der Waals surface area contributed by atoms with E-state index >= 15 is 0 Å². The maximum absolute atomic E-state index is 4.21. The minimum atomic E-state index is 0.404. The molecule has 0 spiro atoms. The standard InChI is InChI=1S/C14H19N3/c1-3-9-15-12(2)13-5-7-14(8-6-13)17-11-4-10-16-17/h4-8,10-12,15H,3,9H2,1-2H3. The van der Waals surface area contributed by atoms with Crippen molar-refractivity contribution in [2.75, 3.05) is 6.54 Å². The van der Waals surface area contributed by atoms with E-state index in [0.717, 1.165) is 18.7 Å². The summed E-state index contributed by atoms with van der Waals surface area (Å²) in [7, 11) is 0. The van der Waals surface area contributed by atoms with Gasteiger partial charge < -0.3 is 5.32 Å². The molecule has 0 aliphatic heterocycles. The molecule has 3 heteroatoms. The van der Waals surface area contributed by atoms with Crippen molar-refractivity contribution in [1.29, 1.82) is 0 Å². The topological polar surface area (TPSA) is 29.9 Å². The summed E-state index contributed by atoms with van der Waals surface area (Å²) >= 11 is 0. The van der Waals surface area contributed by atoms with E-state index < -0.39 is 0 Å². The summed E-state index contributed by atoms with van der Waals surface area (Å²) in [6.45, 7) is 5.43. The first kappa shape index (κ1) is 11.9. The summed E-state index contributed by atoms with van der Waals surface area (Å²) in [5.74, 6) is 0. The zero-order valence-electron chi connectivity index (χ0n) is 10.4. The minimum Gasteiger partial charge on any atom is -0.310 e. The lowest BCUT2D eigenvalue weighted by molar-refractivity contribution is 0.570. The van der Waals surface area contributed by atoms with Crippen LogP contribution in [0.5, 0.6) is 0 Å². The number of nitrogens with zero attached hydrogens (tertiary/aromatic N) is 2. The third kappa shape index (κ3) is 2.94. The Labute approximate surface area is 102 Å². The Morgan fingerprint density at radius 1 is 1.29 bits per heavy atom. The van der Waals surface area contributed by atoms with Crippen LogP contribution in [0.2, 0.25) is 0 Å². The zero-order chi connectivity index (χ0) is 12.1. The minimum absolute atomic E-state index is 0.404. The molecule has 3 nitrogen and oxygen atoms in total. The smallest absolute Gasteiger partial charge is 0.0645 e. The van der Waals surface area contributed by atoms with E-state index in [1.807, 2.05) is 16.9 Å². The molecular weight excluding hydrogens is 210 g/mol. The van der Waals surface area contributed by atoms with Crippen molar-refractivity contribution in [3.05, 3.63) is 48.3 Å². The third-order valence-electron chi connectivity index (χ3n) is 2.86. The lowest BCUT2D eigenvalue weighted by atomic mass is 10.1. The molecule has 2 rings (SSSR count). The summed E-state index contributed by atoms with van der Waals surface area (Å²) in [4.78, 5) is 0. The van der Waals surface area contributed by atoms with Gasteiger partial charge in [-0.25, -0.2) is 4.68 Å². The number of hydrogen-bond donors (Lipinski definition) is 1. The van der Waals surface area contributed by atoms with E-state index in [0.29, 0.717) is 6.04 Å². The second-order valence-corrected chi connectivity index (χ2v) is 4.22. The van der Waals surface area contributed by atoms with E-state index in [1.54, 1.807) is 6.20 Å². The molecule has 0 aliphatic carbocycles. The molecular formula is C14H19N3. The number of nitrogens with one attached hydrogen (secondary N) is 1. The fourth-order valence-corrected chi connectivity index (χ4v) is 1.82. The molecule has 0 amide bonds. The third-order valence-corrected chi connectivity index (χ3v) is 2.86. The SMILES string of the molecule is CCCNC(C)c1ccc(-n2cccn2)cc1. The van der Waals surface area contributed by atoms with E-state index in [9.17, 15) is 0 Å². The fraction of sp³-hybridized carbons (Fsp3) is 0.357. The van der Waals surface area contributed by atoms with Crippen LogP contribution in [0.15, 0.2) is 42.7 Å². The fourth-order valence-electron chi connectivity index (χ4n) is 1.82. The van der Waals surface area contributed by atoms with Gasteiger partial charge in [0.2, 0.25) is 0 Å². The lowest BCUT2D eigenvalue weighted by Gasteiger charge is -2.14. The van der Waals surface area contributed by atoms with Crippen LogP contribution < -0.4 is 5.32 Å². The van der Waals surface area contributed by atoms with Crippen molar-refractivity contribution in [2.24, 2.45) is 0 Å². The maximum Gasteiger partial charge on any atom is 0.0645 e. The highest BCUT2D eigenvalue weighted by atomic mass is 15.3. The summed E-state index contributed by atoms with van der Waals surface area (Å²) < 4.78 is 1.87. The average molecular weight is 229 g/mol. The molecule has 1 aromatic heterocycles. The summed E-state index contributed by atoms with van der Waals surface area (Å²) in [6, 6.07) is 10.9. The summed E-state index contributed by atoms with van der Waals surface area (Å²) in [5.41, 5.74) is 2.41. The predicted octanol–water partition coefficient (Wildman–Crippen LogP) is 2.93. The number of hydrogen-bond acceptors (Lipinski definition) is 2. The van der Waals surface area contributed by atoms with Gasteiger partial charge in [0.25, 0.3) is 0 Å². The molecule has 0 saturated heterocycles. The van der Waals surface area contributed by atoms with Crippen LogP contribution in [-0.4, -0.2) is 16.3 Å². The highest BCUT2D eigenvalue weighted by Crippen LogP contribution is 2.15. The average Bonchev–Trinajstić information content (AvgIpc) is 2.90. The Morgan fingerprint density at radius 2 is 2.06 bits per heavy atom. The molecule has 1 unspecified atom stereocenters. The molecule has 90 valence electrons. The molecule has 0 fully saturated rings. The first-order valence-electron chi connectivity index (χ1n) is 6.14. The normalized spacial score (nSPS) is 12.6. The van der Waals surface area contributed by atoms with Gasteiger partial charge in [0.1, 0.15) is 0 Å². The van der Waals surface area contributed by atoms with E-state index in [2.05, 4.69) is 48.5 Å². The largest absolute Gasteiger partial charge is 0.310 e. The second kappa shape index (κ2) is 5.64. The van der Waals surface area contributed by atoms with Gasteiger partial charge in [0.15, 0.2) is 0 Å². The highest BCUT2D eigenvalue weighted by molar-refractivity contribution is 5.34. The van der Waals surface area contributed by atoms with Crippen LogP contribution in [0.1, 0.15) is 31.9 Å². The van der Waals surface area contributed by atoms with Gasteiger partial charge >= 0.3 is 0 Å². The Morgan fingerprint density at radius 3 is 2.65 bits per heavy atom. The van der Waals surface area contributed by atoms with Gasteiger partial charge in [-0.05, 0) is 43.7 Å². The van der Waals surface area contributed by atoms with Crippen LogP contribution in [-0.2, 0) is 0 Å². The van der Waals surface area contributed by atoms with Crippen LogP contribution in [0.4, 0.5) is 0 Å². The van der Waals surface area contributed by atoms with E-state index in [-0.39, 0.29) is 0 Å². The van der Waals surface area contributed by atoms with Gasteiger partial charge in [0.05, 0.1) is 5.69 Å². The molecule has 1 atom stereocenters. The molecule has 0 aliphatic rings. The van der Waals surface area contributed by atoms with Gasteiger partial charge in [-0.1, -0.05) is 19.1 Å². The summed E-state index contributed by atoms with van der Waals surface area (Å²) in [6.07, 6.45) is 4.91. The Kier molecular flexibility index (Phi) is 3.94. The van der Waals surface area contributed by atoms with Crippen LogP contribution in [0, 0.1) is 0 Å². The molecule has 17 heavy (non-hydrogen) atoms. The van der Waals surface area contributed by atoms with Crippen molar-refractivity contribution in [3.8, 4) is 5.69 Å². The Balaban J connectivity index is 2.08. The molecule has 0 saturated carbocycles. The molecule has 1 heterocycles. The van der Waals surface area contributed by atoms with Crippen molar-refractivity contribution < 1.29 is 0 Å². The van der Waals surface area contributed by atoms with Crippen LogP contribution >= 0.6 is 0 Å². The first-order valence-corrected chi connectivity index (χ1v) is 6.14. The maximum atomic E-state index is 4.21. The number of aromatic nitrogens is 2.